The first-order valence-corrected chi connectivity index (χ1v) is 6.27. The molecule has 0 amide bonds. The SMILES string of the molecule is COCCc1cccc2c(=O)cc(C(C)C)[nH]c12. The summed E-state index contributed by atoms with van der Waals surface area (Å²) in [6.07, 6.45) is 0.811. The summed E-state index contributed by atoms with van der Waals surface area (Å²) in [4.78, 5) is 15.5. The monoisotopic (exact) mass is 245 g/mol. The molecule has 2 rings (SSSR count). The maximum Gasteiger partial charge on any atom is 0.189 e. The van der Waals surface area contributed by atoms with Crippen molar-refractivity contribution < 1.29 is 4.74 Å². The molecule has 1 heterocycles. The molecule has 0 spiro atoms. The number of benzene rings is 1. The molecule has 0 aliphatic heterocycles. The second kappa shape index (κ2) is 5.36. The van der Waals surface area contributed by atoms with Gasteiger partial charge in [-0.3, -0.25) is 4.79 Å². The average Bonchev–Trinajstić information content (AvgIpc) is 2.36. The van der Waals surface area contributed by atoms with Crippen molar-refractivity contribution in [2.24, 2.45) is 0 Å². The molecule has 1 aromatic heterocycles. The second-order valence-electron chi connectivity index (χ2n) is 4.83. The van der Waals surface area contributed by atoms with Gasteiger partial charge in [-0.05, 0) is 24.0 Å². The molecule has 18 heavy (non-hydrogen) atoms. The molecule has 0 saturated carbocycles. The number of ether oxygens (including phenoxy) is 1. The molecule has 2 aromatic rings. The number of methoxy groups -OCH3 is 1. The number of nitrogens with one attached hydrogen (secondary N) is 1. The van der Waals surface area contributed by atoms with E-state index in [1.165, 1.54) is 0 Å². The zero-order valence-corrected chi connectivity index (χ0v) is 11.1. The minimum absolute atomic E-state index is 0.0896. The third-order valence-corrected chi connectivity index (χ3v) is 3.17. The first-order valence-electron chi connectivity index (χ1n) is 6.27. The van der Waals surface area contributed by atoms with Crippen LogP contribution >= 0.6 is 0 Å². The quantitative estimate of drug-likeness (QED) is 0.900. The van der Waals surface area contributed by atoms with E-state index in [0.717, 1.165) is 28.6 Å². The third kappa shape index (κ3) is 2.46. The smallest absolute Gasteiger partial charge is 0.189 e. The van der Waals surface area contributed by atoms with Crippen molar-refractivity contribution in [1.29, 1.82) is 0 Å². The van der Waals surface area contributed by atoms with Crippen LogP contribution in [0.3, 0.4) is 0 Å². The Morgan fingerprint density at radius 3 is 2.78 bits per heavy atom. The van der Waals surface area contributed by atoms with Crippen LogP contribution in [0.2, 0.25) is 0 Å². The molecule has 96 valence electrons. The summed E-state index contributed by atoms with van der Waals surface area (Å²) < 4.78 is 5.11. The van der Waals surface area contributed by atoms with Gasteiger partial charge < -0.3 is 9.72 Å². The summed E-state index contributed by atoms with van der Waals surface area (Å²) in [5.41, 5.74) is 3.16. The van der Waals surface area contributed by atoms with Crippen LogP contribution in [0.15, 0.2) is 29.1 Å². The van der Waals surface area contributed by atoms with Gasteiger partial charge in [-0.1, -0.05) is 26.0 Å². The lowest BCUT2D eigenvalue weighted by atomic mass is 10.0. The molecule has 0 unspecified atom stereocenters. The highest BCUT2D eigenvalue weighted by molar-refractivity contribution is 5.81. The lowest BCUT2D eigenvalue weighted by Gasteiger charge is -2.10. The van der Waals surface area contributed by atoms with E-state index >= 15 is 0 Å². The molecule has 3 heteroatoms. The molecule has 0 aliphatic rings. The van der Waals surface area contributed by atoms with Gasteiger partial charge in [0.2, 0.25) is 0 Å². The van der Waals surface area contributed by atoms with Crippen LogP contribution in [-0.4, -0.2) is 18.7 Å². The standard InChI is InChI=1S/C15H19NO2/c1-10(2)13-9-14(17)12-6-4-5-11(7-8-18-3)15(12)16-13/h4-6,9-10H,7-8H2,1-3H3,(H,16,17). The molecule has 0 saturated heterocycles. The first-order chi connectivity index (χ1) is 8.63. The van der Waals surface area contributed by atoms with Crippen LogP contribution in [0.25, 0.3) is 10.9 Å². The lowest BCUT2D eigenvalue weighted by Crippen LogP contribution is -2.08. The van der Waals surface area contributed by atoms with E-state index in [9.17, 15) is 4.79 Å². The van der Waals surface area contributed by atoms with Crippen molar-refractivity contribution in [3.05, 3.63) is 45.7 Å². The second-order valence-corrected chi connectivity index (χ2v) is 4.83. The fourth-order valence-electron chi connectivity index (χ4n) is 2.08. The number of H-pyrrole nitrogens is 1. The van der Waals surface area contributed by atoms with Crippen LogP contribution in [-0.2, 0) is 11.2 Å². The molecule has 0 aliphatic carbocycles. The Kier molecular flexibility index (Phi) is 3.82. The summed E-state index contributed by atoms with van der Waals surface area (Å²) >= 11 is 0. The van der Waals surface area contributed by atoms with E-state index in [2.05, 4.69) is 18.8 Å². The maximum atomic E-state index is 12.1. The number of para-hydroxylation sites is 1. The zero-order chi connectivity index (χ0) is 13.1. The number of hydrogen-bond donors (Lipinski definition) is 1. The molecule has 3 nitrogen and oxygen atoms in total. The van der Waals surface area contributed by atoms with Crippen LogP contribution < -0.4 is 5.43 Å². The molecule has 0 bridgehead atoms. The molecule has 1 N–H and O–H groups in total. The molecule has 1 aromatic carbocycles. The summed E-state index contributed by atoms with van der Waals surface area (Å²) in [6.45, 7) is 4.82. The Morgan fingerprint density at radius 2 is 2.11 bits per heavy atom. The van der Waals surface area contributed by atoms with Gasteiger partial charge in [-0.25, -0.2) is 0 Å². The molecule has 0 atom stereocenters. The minimum atomic E-state index is 0.0896. The Balaban J connectivity index is 2.62. The van der Waals surface area contributed by atoms with Gasteiger partial charge in [0.1, 0.15) is 0 Å². The maximum absolute atomic E-state index is 12.1. The lowest BCUT2D eigenvalue weighted by molar-refractivity contribution is 0.202. The van der Waals surface area contributed by atoms with Crippen molar-refractivity contribution in [2.45, 2.75) is 26.2 Å². The van der Waals surface area contributed by atoms with Crippen LogP contribution in [0.5, 0.6) is 0 Å². The Labute approximate surface area is 107 Å². The first kappa shape index (κ1) is 12.8. The third-order valence-electron chi connectivity index (χ3n) is 3.17. The van der Waals surface area contributed by atoms with Crippen molar-refractivity contribution in [3.8, 4) is 0 Å². The van der Waals surface area contributed by atoms with Gasteiger partial charge in [0.25, 0.3) is 0 Å². The molecular formula is C15H19NO2. The Morgan fingerprint density at radius 1 is 1.33 bits per heavy atom. The Bertz CT molecular complexity index is 599. The highest BCUT2D eigenvalue weighted by Gasteiger charge is 2.08. The van der Waals surface area contributed by atoms with E-state index in [1.807, 2.05) is 18.2 Å². The fourth-order valence-corrected chi connectivity index (χ4v) is 2.08. The average molecular weight is 245 g/mol. The zero-order valence-electron chi connectivity index (χ0n) is 11.1. The minimum Gasteiger partial charge on any atom is -0.384 e. The molecule has 0 fully saturated rings. The van der Waals surface area contributed by atoms with Crippen LogP contribution in [0.1, 0.15) is 31.0 Å². The number of aromatic nitrogens is 1. The molecular weight excluding hydrogens is 226 g/mol. The highest BCUT2D eigenvalue weighted by Crippen LogP contribution is 2.18. The van der Waals surface area contributed by atoms with Gasteiger partial charge in [-0.2, -0.15) is 0 Å². The van der Waals surface area contributed by atoms with Gasteiger partial charge in [0.15, 0.2) is 5.43 Å². The summed E-state index contributed by atoms with van der Waals surface area (Å²) in [7, 11) is 1.69. The van der Waals surface area contributed by atoms with Crippen molar-refractivity contribution >= 4 is 10.9 Å². The number of aromatic amines is 1. The van der Waals surface area contributed by atoms with Crippen molar-refractivity contribution in [3.63, 3.8) is 0 Å². The topological polar surface area (TPSA) is 42.1 Å². The van der Waals surface area contributed by atoms with Gasteiger partial charge in [0.05, 0.1) is 12.1 Å². The normalized spacial score (nSPS) is 11.3. The van der Waals surface area contributed by atoms with Crippen LogP contribution in [0, 0.1) is 0 Å². The molecule has 0 radical (unpaired) electrons. The largest absolute Gasteiger partial charge is 0.384 e. The fraction of sp³-hybridized carbons (Fsp3) is 0.400. The Hall–Kier alpha value is -1.61. The highest BCUT2D eigenvalue weighted by atomic mass is 16.5. The van der Waals surface area contributed by atoms with E-state index in [4.69, 9.17) is 4.74 Å². The van der Waals surface area contributed by atoms with Crippen LogP contribution in [0.4, 0.5) is 0 Å². The number of fused-ring (bicyclic) bond motifs is 1. The van der Waals surface area contributed by atoms with E-state index < -0.39 is 0 Å². The number of rotatable bonds is 4. The number of hydrogen-bond acceptors (Lipinski definition) is 2. The van der Waals surface area contributed by atoms with E-state index in [-0.39, 0.29) is 5.43 Å². The van der Waals surface area contributed by atoms with Gasteiger partial charge >= 0.3 is 0 Å². The van der Waals surface area contributed by atoms with Crippen molar-refractivity contribution in [1.82, 2.24) is 4.98 Å². The number of pyridine rings is 1. The summed E-state index contributed by atoms with van der Waals surface area (Å²) in [5, 5.41) is 0.757. The summed E-state index contributed by atoms with van der Waals surface area (Å²) in [5.74, 6) is 0.317. The van der Waals surface area contributed by atoms with Gasteiger partial charge in [0, 0.05) is 24.3 Å². The predicted molar refractivity (Wildman–Crippen MR) is 74.2 cm³/mol. The van der Waals surface area contributed by atoms with Gasteiger partial charge in [-0.15, -0.1) is 0 Å². The predicted octanol–water partition coefficient (Wildman–Crippen LogP) is 2.84. The van der Waals surface area contributed by atoms with Crippen molar-refractivity contribution in [2.75, 3.05) is 13.7 Å². The van der Waals surface area contributed by atoms with E-state index in [1.54, 1.807) is 13.2 Å². The summed E-state index contributed by atoms with van der Waals surface area (Å²) in [6, 6.07) is 7.54. The van der Waals surface area contributed by atoms with E-state index in [0.29, 0.717) is 12.5 Å².